The lowest BCUT2D eigenvalue weighted by atomic mass is 10.1. The molecule has 0 bridgehead atoms. The van der Waals surface area contributed by atoms with E-state index in [9.17, 15) is 13.2 Å². The second kappa shape index (κ2) is 4.66. The highest BCUT2D eigenvalue weighted by Gasteiger charge is 2.37. The summed E-state index contributed by atoms with van der Waals surface area (Å²) in [5.41, 5.74) is 2.27. The van der Waals surface area contributed by atoms with Crippen LogP contribution in [0.2, 0.25) is 0 Å². The van der Waals surface area contributed by atoms with Crippen molar-refractivity contribution in [1.29, 1.82) is 5.26 Å². The van der Waals surface area contributed by atoms with Crippen molar-refractivity contribution >= 4 is 23.0 Å². The van der Waals surface area contributed by atoms with Crippen LogP contribution in [0.5, 0.6) is 0 Å². The molecule has 0 aromatic heterocycles. The zero-order valence-corrected chi connectivity index (χ0v) is 10.4. The molecule has 106 valence electrons. The van der Waals surface area contributed by atoms with Crippen molar-refractivity contribution in [2.24, 2.45) is 20.1 Å². The summed E-state index contributed by atoms with van der Waals surface area (Å²) in [7, 11) is 0. The van der Waals surface area contributed by atoms with Crippen molar-refractivity contribution in [2.75, 3.05) is 6.54 Å². The number of nitrogens with zero attached hydrogens (tertiary/aromatic N) is 5. The number of alkyl halides is 3. The van der Waals surface area contributed by atoms with E-state index >= 15 is 0 Å². The van der Waals surface area contributed by atoms with Crippen LogP contribution in [0, 0.1) is 11.3 Å². The van der Waals surface area contributed by atoms with Crippen LogP contribution in [0.3, 0.4) is 0 Å². The molecular weight excluding hydrogens is 285 g/mol. The Morgan fingerprint density at radius 2 is 2.10 bits per heavy atom. The molecule has 0 aromatic carbocycles. The van der Waals surface area contributed by atoms with Crippen LogP contribution < -0.4 is 5.43 Å². The van der Waals surface area contributed by atoms with Crippen molar-refractivity contribution in [1.82, 2.24) is 5.43 Å². The second-order valence-electron chi connectivity index (χ2n) is 4.32. The van der Waals surface area contributed by atoms with Gasteiger partial charge in [-0.2, -0.15) is 23.5 Å². The minimum atomic E-state index is -4.54. The smallest absolute Gasteiger partial charge is 0.305 e. The van der Waals surface area contributed by atoms with E-state index in [1.165, 1.54) is 6.08 Å². The molecule has 0 saturated heterocycles. The summed E-state index contributed by atoms with van der Waals surface area (Å²) >= 11 is 0. The Hall–Kier alpha value is -2.76. The predicted octanol–water partition coefficient (Wildman–Crippen LogP) is 1.15. The minimum absolute atomic E-state index is 0.0977. The van der Waals surface area contributed by atoms with Crippen LogP contribution in [-0.4, -0.2) is 41.9 Å². The normalized spacial score (nSPS) is 23.9. The van der Waals surface area contributed by atoms with Gasteiger partial charge in [-0.05, 0) is 18.2 Å². The molecule has 1 atom stereocenters. The van der Waals surface area contributed by atoms with Gasteiger partial charge in [0.05, 0.1) is 12.3 Å². The third-order valence-electron chi connectivity index (χ3n) is 2.89. The summed E-state index contributed by atoms with van der Waals surface area (Å²) in [5.74, 6) is 0.173. The number of dihydropyridines is 1. The summed E-state index contributed by atoms with van der Waals surface area (Å²) in [6.07, 6.45) is -1.21. The summed E-state index contributed by atoms with van der Waals surface area (Å²) in [6.45, 7) is 0.0977. The Kier molecular flexibility index (Phi) is 2.94. The van der Waals surface area contributed by atoms with E-state index in [1.54, 1.807) is 6.08 Å². The molecule has 0 amide bonds. The molecule has 0 spiro atoms. The van der Waals surface area contributed by atoms with Gasteiger partial charge in [0.2, 0.25) is 0 Å². The molecule has 3 rings (SSSR count). The molecule has 0 fully saturated rings. The highest BCUT2D eigenvalue weighted by Crippen LogP contribution is 2.23. The van der Waals surface area contributed by atoms with Gasteiger partial charge in [0.25, 0.3) is 0 Å². The third kappa shape index (κ3) is 2.47. The number of hydrogen-bond acceptors (Lipinski definition) is 6. The zero-order chi connectivity index (χ0) is 15.0. The third-order valence-corrected chi connectivity index (χ3v) is 2.89. The van der Waals surface area contributed by atoms with Crippen molar-refractivity contribution in [2.45, 2.75) is 12.3 Å². The van der Waals surface area contributed by atoms with E-state index in [0.717, 1.165) is 6.08 Å². The van der Waals surface area contributed by atoms with Crippen LogP contribution in [0.25, 0.3) is 0 Å². The first-order valence-electron chi connectivity index (χ1n) is 5.88. The molecule has 21 heavy (non-hydrogen) atoms. The van der Waals surface area contributed by atoms with Crippen molar-refractivity contribution < 1.29 is 13.2 Å². The first-order chi connectivity index (χ1) is 9.97. The van der Waals surface area contributed by atoms with E-state index in [0.29, 0.717) is 5.71 Å². The molecule has 6 nitrogen and oxygen atoms in total. The average molecular weight is 292 g/mol. The monoisotopic (exact) mass is 292 g/mol. The van der Waals surface area contributed by atoms with Gasteiger partial charge in [-0.1, -0.05) is 0 Å². The van der Waals surface area contributed by atoms with Gasteiger partial charge in [0.1, 0.15) is 11.8 Å². The standard InChI is InChI=1S/C12H7F3N6/c13-12(14,15)9-3-6(5-17-21-9)10-19-8-2-1-7(4-16)18-11(8)20-10/h1-3,11,17H,5H2. The van der Waals surface area contributed by atoms with Crippen LogP contribution in [0.1, 0.15) is 0 Å². The topological polar surface area (TPSA) is 85.3 Å². The summed E-state index contributed by atoms with van der Waals surface area (Å²) in [5, 5.41) is 12.0. The van der Waals surface area contributed by atoms with E-state index < -0.39 is 18.1 Å². The first-order valence-corrected chi connectivity index (χ1v) is 5.88. The zero-order valence-electron chi connectivity index (χ0n) is 10.4. The molecule has 9 heteroatoms. The van der Waals surface area contributed by atoms with Gasteiger partial charge in [-0.25, -0.2) is 15.0 Å². The van der Waals surface area contributed by atoms with Crippen molar-refractivity contribution in [3.8, 4) is 6.07 Å². The van der Waals surface area contributed by atoms with E-state index in [-0.39, 0.29) is 23.7 Å². The van der Waals surface area contributed by atoms with Gasteiger partial charge in [0, 0.05) is 5.57 Å². The fourth-order valence-electron chi connectivity index (χ4n) is 1.92. The Bertz CT molecular complexity index is 714. The van der Waals surface area contributed by atoms with Gasteiger partial charge in [-0.15, -0.1) is 0 Å². The summed E-state index contributed by atoms with van der Waals surface area (Å²) in [6, 6.07) is 1.88. The lowest BCUT2D eigenvalue weighted by molar-refractivity contribution is -0.0582. The maximum Gasteiger partial charge on any atom is 0.435 e. The highest BCUT2D eigenvalue weighted by atomic mass is 19.4. The van der Waals surface area contributed by atoms with Crippen LogP contribution in [-0.2, 0) is 0 Å². The summed E-state index contributed by atoms with van der Waals surface area (Å²) in [4.78, 5) is 12.3. The number of nitriles is 1. The number of amidine groups is 1. The van der Waals surface area contributed by atoms with E-state index in [2.05, 4.69) is 25.5 Å². The van der Waals surface area contributed by atoms with Crippen molar-refractivity contribution in [3.05, 3.63) is 23.8 Å². The van der Waals surface area contributed by atoms with Gasteiger partial charge in [-0.3, -0.25) is 0 Å². The maximum atomic E-state index is 12.6. The average Bonchev–Trinajstić information content (AvgIpc) is 2.89. The molecule has 0 radical (unpaired) electrons. The summed E-state index contributed by atoms with van der Waals surface area (Å²) < 4.78 is 37.9. The molecule has 0 aliphatic carbocycles. The van der Waals surface area contributed by atoms with Gasteiger partial charge >= 0.3 is 6.18 Å². The fraction of sp³-hybridized carbons (Fsp3) is 0.250. The lowest BCUT2D eigenvalue weighted by Gasteiger charge is -2.15. The molecule has 0 saturated carbocycles. The number of hydrogen-bond donors (Lipinski definition) is 1. The Morgan fingerprint density at radius 1 is 1.29 bits per heavy atom. The minimum Gasteiger partial charge on any atom is -0.305 e. The predicted molar refractivity (Wildman–Crippen MR) is 70.4 cm³/mol. The van der Waals surface area contributed by atoms with Crippen LogP contribution in [0.4, 0.5) is 13.2 Å². The first kappa shape index (κ1) is 13.2. The quantitative estimate of drug-likeness (QED) is 0.786. The number of rotatable bonds is 1. The Balaban J connectivity index is 1.91. The maximum absolute atomic E-state index is 12.6. The number of allylic oxidation sites excluding steroid dienone is 2. The SMILES string of the molecule is N#CC1=NC2N=C(C3=CC(C(F)(F)F)=NNC3)N=C2C=C1. The van der Waals surface area contributed by atoms with Crippen LogP contribution in [0.15, 0.2) is 43.9 Å². The largest absolute Gasteiger partial charge is 0.435 e. The number of aliphatic imine (C=N–C) groups is 3. The molecule has 0 aromatic rings. The van der Waals surface area contributed by atoms with Crippen LogP contribution >= 0.6 is 0 Å². The molecule has 1 unspecified atom stereocenters. The molecule has 3 aliphatic heterocycles. The number of hydrazone groups is 1. The lowest BCUT2D eigenvalue weighted by Crippen LogP contribution is -2.30. The van der Waals surface area contributed by atoms with Crippen molar-refractivity contribution in [3.63, 3.8) is 0 Å². The molecule has 1 N–H and O–H groups in total. The van der Waals surface area contributed by atoms with E-state index in [1.807, 2.05) is 6.07 Å². The molecule has 3 heterocycles. The van der Waals surface area contributed by atoms with Gasteiger partial charge < -0.3 is 5.43 Å². The Labute approximate surface area is 116 Å². The van der Waals surface area contributed by atoms with Gasteiger partial charge in [0.15, 0.2) is 17.7 Å². The van der Waals surface area contributed by atoms with E-state index in [4.69, 9.17) is 5.26 Å². The highest BCUT2D eigenvalue weighted by molar-refractivity contribution is 6.23. The molecular formula is C12H7F3N6. The number of halogens is 3. The Morgan fingerprint density at radius 3 is 2.81 bits per heavy atom. The molecule has 3 aliphatic rings. The fourth-order valence-corrected chi connectivity index (χ4v) is 1.92. The second-order valence-corrected chi connectivity index (χ2v) is 4.32. The number of nitrogens with one attached hydrogen (secondary N) is 1. The number of fused-ring (bicyclic) bond motifs is 1.